The SMILES string of the molecule is NC(=O)c1cccc2c1c1c(C(O)C(=O)O)cccc1n2Cc1ccccc1C(F)(F)F. The summed E-state index contributed by atoms with van der Waals surface area (Å²) < 4.78 is 42.2. The van der Waals surface area contributed by atoms with Crippen molar-refractivity contribution < 1.29 is 33.0 Å². The monoisotopic (exact) mass is 442 g/mol. The molecule has 0 saturated carbocycles. The molecule has 1 amide bonds. The highest BCUT2D eigenvalue weighted by atomic mass is 19.4. The standard InChI is InChI=1S/C23H17F3N2O4/c24-23(25,26)15-8-2-1-5-12(15)11-28-16-9-3-6-13(20(29)22(31)32)18(16)19-14(21(27)30)7-4-10-17(19)28/h1-10,20,29H,11H2,(H2,27,30)(H,31,32). The number of aromatic nitrogens is 1. The van der Waals surface area contributed by atoms with Crippen molar-refractivity contribution in [3.05, 3.63) is 82.9 Å². The molecular formula is C23H17F3N2O4. The second kappa shape index (κ2) is 7.69. The summed E-state index contributed by atoms with van der Waals surface area (Å²) >= 11 is 0. The lowest BCUT2D eigenvalue weighted by molar-refractivity contribution is -0.146. The molecule has 0 radical (unpaired) electrons. The van der Waals surface area contributed by atoms with Gasteiger partial charge in [0.15, 0.2) is 6.10 Å². The number of hydrogen-bond donors (Lipinski definition) is 3. The molecule has 1 unspecified atom stereocenters. The number of hydrogen-bond acceptors (Lipinski definition) is 3. The van der Waals surface area contributed by atoms with Crippen LogP contribution in [0.4, 0.5) is 13.2 Å². The van der Waals surface area contributed by atoms with E-state index in [1.807, 2.05) is 0 Å². The molecule has 6 nitrogen and oxygen atoms in total. The molecule has 0 saturated heterocycles. The highest BCUT2D eigenvalue weighted by Gasteiger charge is 2.33. The third-order valence-corrected chi connectivity index (χ3v) is 5.39. The fraction of sp³-hybridized carbons (Fsp3) is 0.130. The van der Waals surface area contributed by atoms with Crippen LogP contribution in [0.15, 0.2) is 60.7 Å². The number of alkyl halides is 3. The van der Waals surface area contributed by atoms with Crippen molar-refractivity contribution in [1.29, 1.82) is 0 Å². The van der Waals surface area contributed by atoms with E-state index >= 15 is 0 Å². The molecule has 0 aliphatic heterocycles. The molecule has 0 bridgehead atoms. The molecule has 164 valence electrons. The molecule has 1 atom stereocenters. The average Bonchev–Trinajstić information content (AvgIpc) is 3.06. The number of aliphatic hydroxyl groups excluding tert-OH is 1. The lowest BCUT2D eigenvalue weighted by Gasteiger charge is -2.15. The van der Waals surface area contributed by atoms with Crippen molar-refractivity contribution >= 4 is 33.7 Å². The second-order valence-corrected chi connectivity index (χ2v) is 7.29. The maximum atomic E-state index is 13.6. The smallest absolute Gasteiger partial charge is 0.416 e. The molecule has 3 aromatic carbocycles. The van der Waals surface area contributed by atoms with Gasteiger partial charge in [0.05, 0.1) is 11.1 Å². The van der Waals surface area contributed by atoms with E-state index in [4.69, 9.17) is 5.73 Å². The quantitative estimate of drug-likeness (QED) is 0.433. The van der Waals surface area contributed by atoms with Gasteiger partial charge in [0.2, 0.25) is 5.91 Å². The van der Waals surface area contributed by atoms with E-state index in [1.165, 1.54) is 36.4 Å². The molecule has 0 aliphatic rings. The first-order valence-corrected chi connectivity index (χ1v) is 9.51. The first-order valence-electron chi connectivity index (χ1n) is 9.51. The molecular weight excluding hydrogens is 425 g/mol. The first kappa shape index (κ1) is 21.4. The van der Waals surface area contributed by atoms with Crippen LogP contribution >= 0.6 is 0 Å². The largest absolute Gasteiger partial charge is 0.479 e. The number of carboxylic acids is 1. The van der Waals surface area contributed by atoms with Gasteiger partial charge in [-0.05, 0) is 29.8 Å². The van der Waals surface area contributed by atoms with E-state index in [2.05, 4.69) is 0 Å². The zero-order chi connectivity index (χ0) is 23.2. The minimum absolute atomic E-state index is 0.00698. The van der Waals surface area contributed by atoms with E-state index in [9.17, 15) is 33.0 Å². The van der Waals surface area contributed by atoms with Crippen LogP contribution in [0.2, 0.25) is 0 Å². The molecule has 0 fully saturated rings. The number of halogens is 3. The fourth-order valence-corrected chi connectivity index (χ4v) is 4.05. The van der Waals surface area contributed by atoms with Gasteiger partial charge in [-0.2, -0.15) is 13.2 Å². The van der Waals surface area contributed by atoms with Crippen LogP contribution in [0.3, 0.4) is 0 Å². The highest BCUT2D eigenvalue weighted by molar-refractivity contribution is 6.19. The summed E-state index contributed by atoms with van der Waals surface area (Å²) in [7, 11) is 0. The van der Waals surface area contributed by atoms with Gasteiger partial charge < -0.3 is 20.5 Å². The Balaban J connectivity index is 2.09. The number of carbonyl (C=O) groups is 2. The van der Waals surface area contributed by atoms with Gasteiger partial charge in [-0.15, -0.1) is 0 Å². The number of primary amides is 1. The Morgan fingerprint density at radius 3 is 2.19 bits per heavy atom. The summed E-state index contributed by atoms with van der Waals surface area (Å²) in [4.78, 5) is 23.6. The summed E-state index contributed by atoms with van der Waals surface area (Å²) in [5.41, 5.74) is 5.55. The number of nitrogens with zero attached hydrogens (tertiary/aromatic N) is 1. The van der Waals surface area contributed by atoms with E-state index in [0.717, 1.165) is 6.07 Å². The van der Waals surface area contributed by atoms with Gasteiger partial charge in [0.25, 0.3) is 0 Å². The van der Waals surface area contributed by atoms with Crippen molar-refractivity contribution in [3.8, 4) is 0 Å². The number of aliphatic carboxylic acids is 1. The van der Waals surface area contributed by atoms with Crippen LogP contribution in [-0.4, -0.2) is 26.7 Å². The van der Waals surface area contributed by atoms with E-state index in [1.54, 1.807) is 22.8 Å². The summed E-state index contributed by atoms with van der Waals surface area (Å²) in [5, 5.41) is 20.1. The van der Waals surface area contributed by atoms with Crippen molar-refractivity contribution in [2.75, 3.05) is 0 Å². The van der Waals surface area contributed by atoms with E-state index < -0.39 is 29.7 Å². The molecule has 4 N–H and O–H groups in total. The normalized spacial score (nSPS) is 12.9. The van der Waals surface area contributed by atoms with Gasteiger partial charge in [-0.1, -0.05) is 36.4 Å². The lowest BCUT2D eigenvalue weighted by Crippen LogP contribution is -2.12. The van der Waals surface area contributed by atoms with Gasteiger partial charge in [0.1, 0.15) is 0 Å². The number of carboxylic acid groups (broad SMARTS) is 1. The molecule has 0 spiro atoms. The number of rotatable bonds is 5. The molecule has 0 aliphatic carbocycles. The van der Waals surface area contributed by atoms with Crippen LogP contribution < -0.4 is 5.73 Å². The maximum Gasteiger partial charge on any atom is 0.416 e. The summed E-state index contributed by atoms with van der Waals surface area (Å²) in [6, 6.07) is 14.2. The summed E-state index contributed by atoms with van der Waals surface area (Å²) in [6.45, 7) is -0.204. The highest BCUT2D eigenvalue weighted by Crippen LogP contribution is 2.38. The van der Waals surface area contributed by atoms with E-state index in [-0.39, 0.29) is 34.0 Å². The third kappa shape index (κ3) is 3.46. The third-order valence-electron chi connectivity index (χ3n) is 5.39. The van der Waals surface area contributed by atoms with Crippen molar-refractivity contribution in [2.24, 2.45) is 5.73 Å². The minimum atomic E-state index is -4.57. The molecule has 9 heteroatoms. The number of fused-ring (bicyclic) bond motifs is 3. The van der Waals surface area contributed by atoms with Crippen molar-refractivity contribution in [2.45, 2.75) is 18.8 Å². The number of carbonyl (C=O) groups excluding carboxylic acids is 1. The van der Waals surface area contributed by atoms with Gasteiger partial charge in [-0.25, -0.2) is 4.79 Å². The molecule has 4 aromatic rings. The van der Waals surface area contributed by atoms with Crippen LogP contribution in [0.25, 0.3) is 21.8 Å². The zero-order valence-electron chi connectivity index (χ0n) is 16.4. The molecule has 1 aromatic heterocycles. The molecule has 32 heavy (non-hydrogen) atoms. The number of benzene rings is 3. The van der Waals surface area contributed by atoms with Crippen molar-refractivity contribution in [3.63, 3.8) is 0 Å². The van der Waals surface area contributed by atoms with Crippen LogP contribution in [0, 0.1) is 0 Å². The Kier molecular flexibility index (Phi) is 5.14. The lowest BCUT2D eigenvalue weighted by atomic mass is 9.99. The van der Waals surface area contributed by atoms with Gasteiger partial charge >= 0.3 is 12.1 Å². The zero-order valence-corrected chi connectivity index (χ0v) is 16.4. The fourth-order valence-electron chi connectivity index (χ4n) is 4.05. The second-order valence-electron chi connectivity index (χ2n) is 7.29. The number of nitrogens with two attached hydrogens (primary N) is 1. The predicted molar refractivity (Wildman–Crippen MR) is 111 cm³/mol. The Morgan fingerprint density at radius 2 is 1.56 bits per heavy atom. The Labute approximate surface area is 179 Å². The Morgan fingerprint density at radius 1 is 0.938 bits per heavy atom. The summed E-state index contributed by atoms with van der Waals surface area (Å²) in [6.07, 6.45) is -6.47. The Hall–Kier alpha value is -3.85. The van der Waals surface area contributed by atoms with Crippen LogP contribution in [-0.2, 0) is 17.5 Å². The first-order chi connectivity index (χ1) is 15.1. The molecule has 4 rings (SSSR count). The topological polar surface area (TPSA) is 106 Å². The predicted octanol–water partition coefficient (Wildman–Crippen LogP) is 4.08. The number of aliphatic hydroxyl groups is 1. The average molecular weight is 442 g/mol. The van der Waals surface area contributed by atoms with Gasteiger partial charge in [-0.3, -0.25) is 4.79 Å². The number of amides is 1. The molecule has 1 heterocycles. The van der Waals surface area contributed by atoms with Gasteiger partial charge in [0, 0.05) is 34.0 Å². The van der Waals surface area contributed by atoms with Crippen molar-refractivity contribution in [1.82, 2.24) is 4.57 Å². The van der Waals surface area contributed by atoms with Crippen LogP contribution in [0.1, 0.15) is 33.2 Å². The van der Waals surface area contributed by atoms with Crippen LogP contribution in [0.5, 0.6) is 0 Å². The maximum absolute atomic E-state index is 13.6. The summed E-state index contributed by atoms with van der Waals surface area (Å²) in [5.74, 6) is -2.29. The van der Waals surface area contributed by atoms with E-state index in [0.29, 0.717) is 11.0 Å². The minimum Gasteiger partial charge on any atom is -0.479 e. The Bertz CT molecular complexity index is 1380.